The predicted octanol–water partition coefficient (Wildman–Crippen LogP) is 4.32. The third-order valence-corrected chi connectivity index (χ3v) is 5.47. The van der Waals surface area contributed by atoms with E-state index in [1.165, 1.54) is 23.1 Å². The molecule has 142 valence electrons. The molecule has 0 atom stereocenters. The molecule has 8 heteroatoms. The van der Waals surface area contributed by atoms with Gasteiger partial charge in [0.25, 0.3) is 0 Å². The Morgan fingerprint density at radius 2 is 1.88 bits per heavy atom. The lowest BCUT2D eigenvalue weighted by molar-refractivity contribution is -0.156. The Balaban J connectivity index is 1.93. The molecule has 0 aliphatic heterocycles. The number of carbonyl (C=O) groups excluding carboxylic acids is 1. The lowest BCUT2D eigenvalue weighted by Crippen LogP contribution is -2.36. The zero-order valence-corrected chi connectivity index (χ0v) is 17.8. The summed E-state index contributed by atoms with van der Waals surface area (Å²) in [6.07, 6.45) is 4.56. The van der Waals surface area contributed by atoms with Crippen LogP contribution in [0, 0.1) is 0 Å². The van der Waals surface area contributed by atoms with Gasteiger partial charge in [0.1, 0.15) is 10.3 Å². The second kappa shape index (κ2) is 8.35. The molecule has 0 fully saturated rings. The number of nitrogens with zero attached hydrogens (tertiary/aromatic N) is 3. The molecule has 26 heavy (non-hydrogen) atoms. The van der Waals surface area contributed by atoms with E-state index in [1.54, 1.807) is 0 Å². The Morgan fingerprint density at radius 1 is 1.23 bits per heavy atom. The average Bonchev–Trinajstić information content (AvgIpc) is 2.98. The number of aromatic nitrogens is 3. The second-order valence-corrected chi connectivity index (χ2v) is 10.1. The number of thioether (sulfide) groups is 1. The van der Waals surface area contributed by atoms with Crippen molar-refractivity contribution < 1.29 is 9.53 Å². The Bertz CT molecular complexity index is 736. The fourth-order valence-electron chi connectivity index (χ4n) is 1.88. The van der Waals surface area contributed by atoms with Crippen LogP contribution in [-0.4, -0.2) is 31.3 Å². The van der Waals surface area contributed by atoms with Crippen molar-refractivity contribution in [1.82, 2.24) is 15.0 Å². The second-order valence-electron chi connectivity index (χ2n) is 7.34. The van der Waals surface area contributed by atoms with Crippen LogP contribution in [-0.2, 0) is 22.5 Å². The number of esters is 1. The van der Waals surface area contributed by atoms with Gasteiger partial charge in [-0.15, -0.1) is 11.3 Å². The van der Waals surface area contributed by atoms with Crippen molar-refractivity contribution in [2.24, 2.45) is 0 Å². The summed E-state index contributed by atoms with van der Waals surface area (Å²) in [5.41, 5.74) is 1.49. The highest BCUT2D eigenvalue weighted by atomic mass is 32.2. The van der Waals surface area contributed by atoms with Crippen molar-refractivity contribution in [3.8, 4) is 0 Å². The number of carbonyl (C=O) groups is 1. The highest BCUT2D eigenvalue weighted by molar-refractivity contribution is 8.03. The van der Waals surface area contributed by atoms with Crippen LogP contribution in [0.25, 0.3) is 0 Å². The fourth-order valence-corrected chi connectivity index (χ4v) is 4.10. The SMILES string of the molecule is CCc1cnc(NCc2csc(SC(C)(C)C(=O)OC(C)(C)C)n2)nc1. The molecule has 0 aliphatic rings. The quantitative estimate of drug-likeness (QED) is 0.553. The largest absolute Gasteiger partial charge is 0.459 e. The van der Waals surface area contributed by atoms with Gasteiger partial charge < -0.3 is 10.1 Å². The fraction of sp³-hybridized carbons (Fsp3) is 0.556. The smallest absolute Gasteiger partial charge is 0.322 e. The predicted molar refractivity (Wildman–Crippen MR) is 107 cm³/mol. The molecule has 0 aromatic carbocycles. The van der Waals surface area contributed by atoms with Gasteiger partial charge in [-0.05, 0) is 46.6 Å². The molecular formula is C18H26N4O2S2. The van der Waals surface area contributed by atoms with Crippen LogP contribution < -0.4 is 5.32 Å². The summed E-state index contributed by atoms with van der Waals surface area (Å²) in [5, 5.41) is 5.14. The van der Waals surface area contributed by atoms with Crippen molar-refractivity contribution >= 4 is 35.0 Å². The van der Waals surface area contributed by atoms with Gasteiger partial charge in [0.05, 0.1) is 12.2 Å². The highest BCUT2D eigenvalue weighted by Crippen LogP contribution is 2.36. The van der Waals surface area contributed by atoms with Crippen LogP contribution in [0.5, 0.6) is 0 Å². The molecule has 0 radical (unpaired) electrons. The van der Waals surface area contributed by atoms with E-state index >= 15 is 0 Å². The summed E-state index contributed by atoms with van der Waals surface area (Å²) in [6, 6.07) is 0. The molecule has 2 rings (SSSR count). The summed E-state index contributed by atoms with van der Waals surface area (Å²) in [4.78, 5) is 25.5. The molecule has 0 bridgehead atoms. The van der Waals surface area contributed by atoms with Crippen molar-refractivity contribution in [3.63, 3.8) is 0 Å². The molecule has 2 aromatic rings. The summed E-state index contributed by atoms with van der Waals surface area (Å²) in [7, 11) is 0. The summed E-state index contributed by atoms with van der Waals surface area (Å²) < 4.78 is 5.63. The van der Waals surface area contributed by atoms with Gasteiger partial charge in [-0.25, -0.2) is 15.0 Å². The van der Waals surface area contributed by atoms with Gasteiger partial charge in [-0.1, -0.05) is 18.7 Å². The molecule has 0 saturated heterocycles. The topological polar surface area (TPSA) is 77.0 Å². The van der Waals surface area contributed by atoms with Crippen LogP contribution in [0.3, 0.4) is 0 Å². The number of nitrogens with one attached hydrogen (secondary N) is 1. The van der Waals surface area contributed by atoms with E-state index in [9.17, 15) is 4.79 Å². The van der Waals surface area contributed by atoms with Crippen molar-refractivity contribution in [2.45, 2.75) is 69.2 Å². The molecule has 0 unspecified atom stereocenters. The Kier molecular flexibility index (Phi) is 6.63. The number of hydrogen-bond acceptors (Lipinski definition) is 8. The maximum absolute atomic E-state index is 12.4. The molecule has 2 aromatic heterocycles. The van der Waals surface area contributed by atoms with Gasteiger partial charge in [-0.3, -0.25) is 4.79 Å². The minimum absolute atomic E-state index is 0.241. The maximum Gasteiger partial charge on any atom is 0.322 e. The van der Waals surface area contributed by atoms with Crippen LogP contribution in [0.4, 0.5) is 5.95 Å². The number of thiazole rings is 1. The zero-order valence-electron chi connectivity index (χ0n) is 16.1. The number of ether oxygens (including phenoxy) is 1. The summed E-state index contributed by atoms with van der Waals surface area (Å²) >= 11 is 2.93. The lowest BCUT2D eigenvalue weighted by Gasteiger charge is -2.27. The Morgan fingerprint density at radius 3 is 2.46 bits per heavy atom. The van der Waals surface area contributed by atoms with Crippen LogP contribution >= 0.6 is 23.1 Å². The van der Waals surface area contributed by atoms with Crippen LogP contribution in [0.1, 0.15) is 52.8 Å². The summed E-state index contributed by atoms with van der Waals surface area (Å²) in [6.45, 7) is 11.9. The van der Waals surface area contributed by atoms with Crippen LogP contribution in [0.15, 0.2) is 22.1 Å². The first-order chi connectivity index (χ1) is 12.1. The molecule has 0 spiro atoms. The average molecular weight is 395 g/mol. The molecule has 6 nitrogen and oxygen atoms in total. The molecule has 0 aliphatic carbocycles. The van der Waals surface area contributed by atoms with E-state index in [0.29, 0.717) is 12.5 Å². The monoisotopic (exact) mass is 394 g/mol. The molecule has 2 heterocycles. The zero-order chi connectivity index (χ0) is 19.4. The molecule has 0 saturated carbocycles. The number of anilines is 1. The third-order valence-electron chi connectivity index (χ3n) is 3.30. The van der Waals surface area contributed by atoms with Crippen molar-refractivity contribution in [2.75, 3.05) is 5.32 Å². The van der Waals surface area contributed by atoms with E-state index in [2.05, 4.69) is 27.2 Å². The van der Waals surface area contributed by atoms with Crippen molar-refractivity contribution in [3.05, 3.63) is 29.0 Å². The van der Waals surface area contributed by atoms with Crippen molar-refractivity contribution in [1.29, 1.82) is 0 Å². The maximum atomic E-state index is 12.4. The summed E-state index contributed by atoms with van der Waals surface area (Å²) in [5.74, 6) is 0.341. The number of aryl methyl sites for hydroxylation is 1. The Hall–Kier alpha value is -1.67. The normalized spacial score (nSPS) is 12.1. The molecule has 1 N–H and O–H groups in total. The first-order valence-electron chi connectivity index (χ1n) is 8.51. The molecular weight excluding hydrogens is 368 g/mol. The van der Waals surface area contributed by atoms with Crippen LogP contribution in [0.2, 0.25) is 0 Å². The third kappa shape index (κ3) is 6.25. The minimum atomic E-state index is -0.699. The number of hydrogen-bond donors (Lipinski definition) is 1. The highest BCUT2D eigenvalue weighted by Gasteiger charge is 2.34. The first kappa shape index (κ1) is 20.6. The lowest BCUT2D eigenvalue weighted by atomic mass is 10.1. The van der Waals surface area contributed by atoms with E-state index in [-0.39, 0.29) is 5.97 Å². The standard InChI is InChI=1S/C18H26N4O2S2/c1-7-12-8-19-15(20-9-12)21-10-13-11-25-16(22-13)26-18(5,6)14(23)24-17(2,3)4/h8-9,11H,7,10H2,1-6H3,(H,19,20,21). The minimum Gasteiger partial charge on any atom is -0.459 e. The first-order valence-corrected chi connectivity index (χ1v) is 10.2. The number of rotatable bonds is 7. The molecule has 0 amide bonds. The van der Waals surface area contributed by atoms with Gasteiger partial charge in [0, 0.05) is 17.8 Å². The van der Waals surface area contributed by atoms with E-state index in [4.69, 9.17) is 4.74 Å². The Labute approximate surface area is 163 Å². The van der Waals surface area contributed by atoms with Gasteiger partial charge >= 0.3 is 5.97 Å². The van der Waals surface area contributed by atoms with Gasteiger partial charge in [-0.2, -0.15) is 0 Å². The van der Waals surface area contributed by atoms with E-state index in [1.807, 2.05) is 52.4 Å². The van der Waals surface area contributed by atoms with Gasteiger partial charge in [0.2, 0.25) is 5.95 Å². The van der Waals surface area contributed by atoms with E-state index in [0.717, 1.165) is 22.0 Å². The van der Waals surface area contributed by atoms with Gasteiger partial charge in [0.15, 0.2) is 4.34 Å². The van der Waals surface area contributed by atoms with E-state index < -0.39 is 10.3 Å².